The van der Waals surface area contributed by atoms with Crippen LogP contribution in [0.3, 0.4) is 0 Å². The summed E-state index contributed by atoms with van der Waals surface area (Å²) >= 11 is 0. The lowest BCUT2D eigenvalue weighted by Crippen LogP contribution is -2.43. The summed E-state index contributed by atoms with van der Waals surface area (Å²) in [6.45, 7) is 2.76. The number of unbranched alkanes of at least 4 members (excludes halogenated alkanes) is 13. The Morgan fingerprint density at radius 2 is 1.25 bits per heavy atom. The van der Waals surface area contributed by atoms with Gasteiger partial charge in [-0.2, -0.15) is 0 Å². The molecule has 0 aromatic carbocycles. The molecule has 0 radical (unpaired) electrons. The molecule has 0 aromatic rings. The van der Waals surface area contributed by atoms with Gasteiger partial charge in [0.15, 0.2) is 6.10 Å². The van der Waals surface area contributed by atoms with Gasteiger partial charge in [0.1, 0.15) is 6.54 Å². The maximum absolute atomic E-state index is 12.1. The third-order valence-electron chi connectivity index (χ3n) is 5.59. The number of aliphatic carboxylic acids is 1. The second kappa shape index (κ2) is 20.3. The maximum Gasteiger partial charge on any atom is 0.307 e. The SMILES string of the molecule is CCCCCC/C=C/CCCCCCCCCCCC(=O)OC(CC(=O)O)C[N+](C)(C)C. The molecule has 5 heteroatoms. The van der Waals surface area contributed by atoms with E-state index in [2.05, 4.69) is 19.1 Å². The number of likely N-dealkylation sites (N-methyl/N-ethyl adjacent to an activating group) is 1. The second-order valence-corrected chi connectivity index (χ2v) is 10.2. The Labute approximate surface area is 198 Å². The molecule has 0 aliphatic rings. The number of hydrogen-bond acceptors (Lipinski definition) is 3. The van der Waals surface area contributed by atoms with Crippen LogP contribution < -0.4 is 0 Å². The largest absolute Gasteiger partial charge is 0.481 e. The molecule has 0 heterocycles. The fourth-order valence-electron chi connectivity index (χ4n) is 3.89. The van der Waals surface area contributed by atoms with Crippen molar-refractivity contribution in [2.75, 3.05) is 27.7 Å². The summed E-state index contributed by atoms with van der Waals surface area (Å²) in [6.07, 6.45) is 23.1. The van der Waals surface area contributed by atoms with Crippen molar-refractivity contribution >= 4 is 11.9 Å². The van der Waals surface area contributed by atoms with Crippen molar-refractivity contribution in [2.24, 2.45) is 0 Å². The van der Waals surface area contributed by atoms with Gasteiger partial charge < -0.3 is 14.3 Å². The fraction of sp³-hybridized carbons (Fsp3) is 0.852. The third kappa shape index (κ3) is 23.3. The van der Waals surface area contributed by atoms with Crippen molar-refractivity contribution in [1.82, 2.24) is 0 Å². The van der Waals surface area contributed by atoms with Gasteiger partial charge in [-0.05, 0) is 32.1 Å². The van der Waals surface area contributed by atoms with Crippen molar-refractivity contribution in [1.29, 1.82) is 0 Å². The molecule has 5 nitrogen and oxygen atoms in total. The summed E-state index contributed by atoms with van der Waals surface area (Å²) in [4.78, 5) is 23.1. The Hall–Kier alpha value is -1.36. The van der Waals surface area contributed by atoms with Crippen LogP contribution in [0.15, 0.2) is 12.2 Å². The van der Waals surface area contributed by atoms with Crippen LogP contribution in [0.1, 0.15) is 116 Å². The van der Waals surface area contributed by atoms with Gasteiger partial charge >= 0.3 is 11.9 Å². The van der Waals surface area contributed by atoms with E-state index in [1.807, 2.05) is 21.1 Å². The molecule has 0 bridgehead atoms. The van der Waals surface area contributed by atoms with Crippen molar-refractivity contribution in [3.05, 3.63) is 12.2 Å². The summed E-state index contributed by atoms with van der Waals surface area (Å²) in [6, 6.07) is 0. The predicted molar refractivity (Wildman–Crippen MR) is 134 cm³/mol. The molecule has 1 unspecified atom stereocenters. The average molecular weight is 455 g/mol. The lowest BCUT2D eigenvalue weighted by molar-refractivity contribution is -0.873. The number of carbonyl (C=O) groups is 2. The normalized spacial score (nSPS) is 12.9. The quantitative estimate of drug-likeness (QED) is 0.0836. The lowest BCUT2D eigenvalue weighted by atomic mass is 10.1. The molecule has 1 atom stereocenters. The number of nitrogens with zero attached hydrogens (tertiary/aromatic N) is 1. The number of ether oxygens (including phenoxy) is 1. The molecular weight excluding hydrogens is 402 g/mol. The van der Waals surface area contributed by atoms with Gasteiger partial charge in [0.25, 0.3) is 0 Å². The molecule has 0 aromatic heterocycles. The molecule has 0 fully saturated rings. The Bertz CT molecular complexity index is 496. The molecule has 0 saturated heterocycles. The number of carboxylic acid groups (broad SMARTS) is 1. The van der Waals surface area contributed by atoms with Crippen LogP contribution in [0.5, 0.6) is 0 Å². The van der Waals surface area contributed by atoms with Gasteiger partial charge in [0, 0.05) is 6.42 Å². The number of quaternary nitrogens is 1. The highest BCUT2D eigenvalue weighted by Crippen LogP contribution is 2.13. The van der Waals surface area contributed by atoms with Crippen molar-refractivity contribution in [3.63, 3.8) is 0 Å². The highest BCUT2D eigenvalue weighted by Gasteiger charge is 2.24. The summed E-state index contributed by atoms with van der Waals surface area (Å²) < 4.78 is 6.00. The van der Waals surface area contributed by atoms with Gasteiger partial charge in [-0.1, -0.05) is 83.3 Å². The fourth-order valence-corrected chi connectivity index (χ4v) is 3.89. The smallest absolute Gasteiger partial charge is 0.307 e. The van der Waals surface area contributed by atoms with Crippen molar-refractivity contribution < 1.29 is 23.9 Å². The van der Waals surface area contributed by atoms with E-state index in [4.69, 9.17) is 9.84 Å². The van der Waals surface area contributed by atoms with E-state index in [0.29, 0.717) is 17.4 Å². The zero-order valence-electron chi connectivity index (χ0n) is 21.6. The molecule has 0 spiro atoms. The van der Waals surface area contributed by atoms with E-state index in [9.17, 15) is 9.59 Å². The number of carbonyl (C=O) groups excluding carboxylic acids is 1. The van der Waals surface area contributed by atoms with Gasteiger partial charge in [0.2, 0.25) is 0 Å². The minimum atomic E-state index is -0.925. The summed E-state index contributed by atoms with van der Waals surface area (Å²) in [5.74, 6) is -1.19. The standard InChI is InChI=1S/C27H51NO4/c1-5-6-7-8-9-10-11-12-13-14-15-16-17-18-19-20-21-22-27(31)32-25(23-26(29)30)24-28(2,3)4/h10-11,25H,5-9,12-24H2,1-4H3/p+1/b11-10+. The van der Waals surface area contributed by atoms with Crippen LogP contribution >= 0.6 is 0 Å². The van der Waals surface area contributed by atoms with E-state index >= 15 is 0 Å². The molecule has 0 saturated carbocycles. The molecule has 0 aliphatic heterocycles. The third-order valence-corrected chi connectivity index (χ3v) is 5.59. The second-order valence-electron chi connectivity index (χ2n) is 10.2. The zero-order chi connectivity index (χ0) is 24.1. The van der Waals surface area contributed by atoms with Crippen LogP contribution in [-0.4, -0.2) is 55.3 Å². The average Bonchev–Trinajstić information content (AvgIpc) is 2.68. The van der Waals surface area contributed by atoms with E-state index < -0.39 is 12.1 Å². The number of rotatable bonds is 22. The molecule has 188 valence electrons. The van der Waals surface area contributed by atoms with E-state index in [1.165, 1.54) is 77.0 Å². The number of hydrogen-bond donors (Lipinski definition) is 1. The van der Waals surface area contributed by atoms with E-state index in [0.717, 1.165) is 19.3 Å². The van der Waals surface area contributed by atoms with Crippen LogP contribution in [0.2, 0.25) is 0 Å². The van der Waals surface area contributed by atoms with E-state index in [-0.39, 0.29) is 12.4 Å². The van der Waals surface area contributed by atoms with Gasteiger partial charge in [-0.3, -0.25) is 9.59 Å². The highest BCUT2D eigenvalue weighted by molar-refractivity contribution is 5.71. The molecular formula is C27H52NO4+. The minimum absolute atomic E-state index is 0.128. The topological polar surface area (TPSA) is 63.6 Å². The van der Waals surface area contributed by atoms with Crippen LogP contribution in [-0.2, 0) is 14.3 Å². The Morgan fingerprint density at radius 3 is 1.72 bits per heavy atom. The lowest BCUT2D eigenvalue weighted by Gasteiger charge is -2.28. The highest BCUT2D eigenvalue weighted by atomic mass is 16.5. The Morgan fingerprint density at radius 1 is 0.781 bits per heavy atom. The van der Waals surface area contributed by atoms with Gasteiger partial charge in [-0.25, -0.2) is 0 Å². The molecule has 32 heavy (non-hydrogen) atoms. The van der Waals surface area contributed by atoms with E-state index in [1.54, 1.807) is 0 Å². The minimum Gasteiger partial charge on any atom is -0.481 e. The molecule has 1 N–H and O–H groups in total. The Kier molecular flexibility index (Phi) is 19.4. The first-order valence-electron chi connectivity index (χ1n) is 13.1. The summed E-state index contributed by atoms with van der Waals surface area (Å²) in [7, 11) is 5.91. The van der Waals surface area contributed by atoms with Crippen molar-refractivity contribution in [3.8, 4) is 0 Å². The summed E-state index contributed by atoms with van der Waals surface area (Å²) in [5, 5.41) is 9.02. The van der Waals surface area contributed by atoms with Crippen LogP contribution in [0, 0.1) is 0 Å². The molecule has 0 rings (SSSR count). The Balaban J connectivity index is 3.56. The van der Waals surface area contributed by atoms with Crippen molar-refractivity contribution in [2.45, 2.75) is 122 Å². The number of esters is 1. The van der Waals surface area contributed by atoms with Gasteiger partial charge in [-0.15, -0.1) is 0 Å². The van der Waals surface area contributed by atoms with Crippen LogP contribution in [0.25, 0.3) is 0 Å². The van der Waals surface area contributed by atoms with Gasteiger partial charge in [0.05, 0.1) is 27.6 Å². The van der Waals surface area contributed by atoms with Crippen LogP contribution in [0.4, 0.5) is 0 Å². The molecule has 0 aliphatic carbocycles. The zero-order valence-corrected chi connectivity index (χ0v) is 21.6. The first-order chi connectivity index (χ1) is 15.2. The number of allylic oxidation sites excluding steroid dienone is 2. The first-order valence-corrected chi connectivity index (χ1v) is 13.1. The number of carboxylic acids is 1. The first kappa shape index (κ1) is 30.6. The maximum atomic E-state index is 12.1. The monoisotopic (exact) mass is 454 g/mol. The molecule has 0 amide bonds. The predicted octanol–water partition coefficient (Wildman–Crippen LogP) is 6.90. The summed E-state index contributed by atoms with van der Waals surface area (Å²) in [5.41, 5.74) is 0.